The number of hydrogen-bond acceptors (Lipinski definition) is 3. The van der Waals surface area contributed by atoms with Crippen LogP contribution in [0.1, 0.15) is 25.5 Å². The maximum atomic E-state index is 5.93. The van der Waals surface area contributed by atoms with E-state index in [1.807, 2.05) is 12.1 Å². The Bertz CT molecular complexity index is 304. The summed E-state index contributed by atoms with van der Waals surface area (Å²) in [5.41, 5.74) is 6.07. The van der Waals surface area contributed by atoms with Crippen LogP contribution in [-0.4, -0.2) is 31.1 Å². The molecule has 16 heavy (non-hydrogen) atoms. The fourth-order valence-electron chi connectivity index (χ4n) is 2.51. The van der Waals surface area contributed by atoms with Gasteiger partial charge < -0.3 is 15.1 Å². The molecular formula is C13H22N2O. The summed E-state index contributed by atoms with van der Waals surface area (Å²) in [6.45, 7) is 6.52. The van der Waals surface area contributed by atoms with E-state index in [1.165, 1.54) is 25.9 Å². The second-order valence-electron chi connectivity index (χ2n) is 5.25. The molecule has 1 aliphatic rings. The Kier molecular flexibility index (Phi) is 3.66. The van der Waals surface area contributed by atoms with Crippen LogP contribution in [0.5, 0.6) is 0 Å². The van der Waals surface area contributed by atoms with Crippen molar-refractivity contribution in [2.45, 2.75) is 26.2 Å². The van der Waals surface area contributed by atoms with Crippen LogP contribution in [0, 0.1) is 5.41 Å². The van der Waals surface area contributed by atoms with Gasteiger partial charge in [0.05, 0.1) is 6.26 Å². The van der Waals surface area contributed by atoms with E-state index in [2.05, 4.69) is 11.8 Å². The third-order valence-corrected chi connectivity index (χ3v) is 3.48. The Hall–Kier alpha value is -0.800. The average molecular weight is 222 g/mol. The maximum Gasteiger partial charge on any atom is 0.104 e. The van der Waals surface area contributed by atoms with E-state index >= 15 is 0 Å². The minimum Gasteiger partial charge on any atom is -0.469 e. The number of nitrogens with zero attached hydrogens (tertiary/aromatic N) is 1. The van der Waals surface area contributed by atoms with Crippen LogP contribution >= 0.6 is 0 Å². The SMILES string of the molecule is CC(CN)(Cc1ccco1)CN1CCCC1. The monoisotopic (exact) mass is 222 g/mol. The van der Waals surface area contributed by atoms with Crippen LogP contribution in [0.4, 0.5) is 0 Å². The third-order valence-electron chi connectivity index (χ3n) is 3.48. The van der Waals surface area contributed by atoms with Gasteiger partial charge in [0.25, 0.3) is 0 Å². The molecule has 1 unspecified atom stereocenters. The first-order valence-electron chi connectivity index (χ1n) is 6.17. The second kappa shape index (κ2) is 5.02. The first-order valence-corrected chi connectivity index (χ1v) is 6.17. The summed E-state index contributed by atoms with van der Waals surface area (Å²) in [5.74, 6) is 1.05. The highest BCUT2D eigenvalue weighted by Crippen LogP contribution is 2.24. The fraction of sp³-hybridized carbons (Fsp3) is 0.692. The van der Waals surface area contributed by atoms with E-state index in [1.54, 1.807) is 6.26 Å². The van der Waals surface area contributed by atoms with Gasteiger partial charge in [-0.3, -0.25) is 0 Å². The lowest BCUT2D eigenvalue weighted by molar-refractivity contribution is 0.188. The summed E-state index contributed by atoms with van der Waals surface area (Å²) in [5, 5.41) is 0. The number of furan rings is 1. The molecule has 0 saturated carbocycles. The van der Waals surface area contributed by atoms with Crippen molar-refractivity contribution in [2.75, 3.05) is 26.2 Å². The molecule has 0 aromatic carbocycles. The summed E-state index contributed by atoms with van der Waals surface area (Å²) in [4.78, 5) is 2.52. The predicted molar refractivity (Wildman–Crippen MR) is 65.2 cm³/mol. The van der Waals surface area contributed by atoms with Crippen LogP contribution in [0.2, 0.25) is 0 Å². The number of likely N-dealkylation sites (tertiary alicyclic amines) is 1. The Morgan fingerprint density at radius 3 is 2.75 bits per heavy atom. The van der Waals surface area contributed by atoms with Crippen molar-refractivity contribution >= 4 is 0 Å². The van der Waals surface area contributed by atoms with Crippen molar-refractivity contribution < 1.29 is 4.42 Å². The van der Waals surface area contributed by atoms with Gasteiger partial charge in [-0.1, -0.05) is 6.92 Å². The van der Waals surface area contributed by atoms with E-state index in [9.17, 15) is 0 Å². The van der Waals surface area contributed by atoms with Gasteiger partial charge in [-0.05, 0) is 50.0 Å². The highest BCUT2D eigenvalue weighted by molar-refractivity contribution is 5.02. The minimum atomic E-state index is 0.141. The molecule has 1 aromatic rings. The molecule has 1 aromatic heterocycles. The fourth-order valence-corrected chi connectivity index (χ4v) is 2.51. The molecule has 0 radical (unpaired) electrons. The normalized spacial score (nSPS) is 21.1. The quantitative estimate of drug-likeness (QED) is 0.827. The largest absolute Gasteiger partial charge is 0.469 e. The smallest absolute Gasteiger partial charge is 0.104 e. The number of rotatable bonds is 5. The van der Waals surface area contributed by atoms with Crippen LogP contribution in [0.3, 0.4) is 0 Å². The molecule has 1 saturated heterocycles. The van der Waals surface area contributed by atoms with Crippen LogP contribution in [-0.2, 0) is 6.42 Å². The van der Waals surface area contributed by atoms with Crippen LogP contribution in [0.15, 0.2) is 22.8 Å². The molecule has 2 rings (SSSR count). The number of nitrogens with two attached hydrogens (primary N) is 1. The molecule has 1 fully saturated rings. The van der Waals surface area contributed by atoms with Crippen LogP contribution in [0.25, 0.3) is 0 Å². The van der Waals surface area contributed by atoms with Crippen molar-refractivity contribution in [1.29, 1.82) is 0 Å². The topological polar surface area (TPSA) is 42.4 Å². The van der Waals surface area contributed by atoms with Crippen molar-refractivity contribution in [3.05, 3.63) is 24.2 Å². The highest BCUT2D eigenvalue weighted by Gasteiger charge is 2.28. The molecule has 0 aliphatic carbocycles. The van der Waals surface area contributed by atoms with Crippen molar-refractivity contribution in [2.24, 2.45) is 11.1 Å². The molecule has 0 spiro atoms. The zero-order chi connectivity index (χ0) is 11.4. The molecule has 3 nitrogen and oxygen atoms in total. The zero-order valence-corrected chi connectivity index (χ0v) is 10.1. The predicted octanol–water partition coefficient (Wildman–Crippen LogP) is 1.88. The van der Waals surface area contributed by atoms with E-state index in [0.29, 0.717) is 6.54 Å². The molecule has 0 bridgehead atoms. The van der Waals surface area contributed by atoms with Gasteiger partial charge in [0.15, 0.2) is 0 Å². The van der Waals surface area contributed by atoms with E-state index in [0.717, 1.165) is 18.7 Å². The highest BCUT2D eigenvalue weighted by atomic mass is 16.3. The molecule has 3 heteroatoms. The summed E-state index contributed by atoms with van der Waals surface area (Å²) in [6.07, 6.45) is 5.35. The lowest BCUT2D eigenvalue weighted by atomic mass is 9.85. The Balaban J connectivity index is 1.94. The number of hydrogen-bond donors (Lipinski definition) is 1. The molecule has 90 valence electrons. The Labute approximate surface area is 97.6 Å². The standard InChI is InChI=1S/C13H22N2O/c1-13(10-14,9-12-5-4-8-16-12)11-15-6-2-3-7-15/h4-5,8H,2-3,6-7,9-11,14H2,1H3. The van der Waals surface area contributed by atoms with Gasteiger partial charge in [0.1, 0.15) is 5.76 Å². The van der Waals surface area contributed by atoms with Crippen molar-refractivity contribution in [1.82, 2.24) is 4.90 Å². The molecule has 1 atom stereocenters. The van der Waals surface area contributed by atoms with Gasteiger partial charge in [-0.15, -0.1) is 0 Å². The first kappa shape index (κ1) is 11.7. The first-order chi connectivity index (χ1) is 7.72. The van der Waals surface area contributed by atoms with Crippen molar-refractivity contribution in [3.8, 4) is 0 Å². The molecular weight excluding hydrogens is 200 g/mol. The Morgan fingerprint density at radius 2 is 2.19 bits per heavy atom. The summed E-state index contributed by atoms with van der Waals surface area (Å²) in [7, 11) is 0. The van der Waals surface area contributed by atoms with E-state index < -0.39 is 0 Å². The molecule has 2 N–H and O–H groups in total. The average Bonchev–Trinajstić information content (AvgIpc) is 2.91. The van der Waals surface area contributed by atoms with Gasteiger partial charge in [0.2, 0.25) is 0 Å². The van der Waals surface area contributed by atoms with Crippen LogP contribution < -0.4 is 5.73 Å². The molecule has 1 aliphatic heterocycles. The van der Waals surface area contributed by atoms with Gasteiger partial charge in [0, 0.05) is 13.0 Å². The lowest BCUT2D eigenvalue weighted by Crippen LogP contribution is -2.41. The van der Waals surface area contributed by atoms with E-state index in [-0.39, 0.29) is 5.41 Å². The zero-order valence-electron chi connectivity index (χ0n) is 10.1. The summed E-state index contributed by atoms with van der Waals surface area (Å²) >= 11 is 0. The van der Waals surface area contributed by atoms with E-state index in [4.69, 9.17) is 10.2 Å². The Morgan fingerprint density at radius 1 is 1.44 bits per heavy atom. The second-order valence-corrected chi connectivity index (χ2v) is 5.25. The lowest BCUT2D eigenvalue weighted by Gasteiger charge is -2.31. The maximum absolute atomic E-state index is 5.93. The minimum absolute atomic E-state index is 0.141. The molecule has 0 amide bonds. The van der Waals surface area contributed by atoms with Gasteiger partial charge in [-0.25, -0.2) is 0 Å². The van der Waals surface area contributed by atoms with Crippen molar-refractivity contribution in [3.63, 3.8) is 0 Å². The summed E-state index contributed by atoms with van der Waals surface area (Å²) in [6, 6.07) is 3.99. The van der Waals surface area contributed by atoms with Gasteiger partial charge >= 0.3 is 0 Å². The summed E-state index contributed by atoms with van der Waals surface area (Å²) < 4.78 is 5.42. The van der Waals surface area contributed by atoms with Gasteiger partial charge in [-0.2, -0.15) is 0 Å². The molecule has 2 heterocycles. The third kappa shape index (κ3) is 2.86.